The summed E-state index contributed by atoms with van der Waals surface area (Å²) >= 11 is 0. The van der Waals surface area contributed by atoms with Crippen molar-refractivity contribution in [3.63, 3.8) is 0 Å². The molecule has 0 aliphatic rings. The predicted molar refractivity (Wildman–Crippen MR) is 147 cm³/mol. The van der Waals surface area contributed by atoms with E-state index in [1.54, 1.807) is 0 Å². The molecule has 0 aliphatic heterocycles. The molecular weight excluding hydrogens is 434 g/mol. The number of amides is 1. The van der Waals surface area contributed by atoms with Gasteiger partial charge in [0.15, 0.2) is 0 Å². The molecule has 2 rings (SSSR count). The van der Waals surface area contributed by atoms with Gasteiger partial charge in [0.2, 0.25) is 5.91 Å². The normalized spacial score (nSPS) is 12.6. The summed E-state index contributed by atoms with van der Waals surface area (Å²) < 4.78 is 0. The molecule has 0 fully saturated rings. The maximum absolute atomic E-state index is 12.6. The number of phenols is 2. The molecule has 4 nitrogen and oxygen atoms in total. The van der Waals surface area contributed by atoms with Gasteiger partial charge in [0.05, 0.1) is 0 Å². The van der Waals surface area contributed by atoms with E-state index in [2.05, 4.69) is 91.9 Å². The van der Waals surface area contributed by atoms with Crippen LogP contribution in [0.1, 0.15) is 109 Å². The third kappa shape index (κ3) is 7.49. The number of nitrogens with one attached hydrogen (secondary N) is 1. The summed E-state index contributed by atoms with van der Waals surface area (Å²) in [6.07, 6.45) is 2.53. The lowest BCUT2D eigenvalue weighted by atomic mass is 9.78. The van der Waals surface area contributed by atoms with E-state index in [0.717, 1.165) is 46.2 Å². The van der Waals surface area contributed by atoms with E-state index >= 15 is 0 Å². The quantitative estimate of drug-likeness (QED) is 0.405. The Morgan fingerprint density at radius 2 is 1.14 bits per heavy atom. The Kier molecular flexibility index (Phi) is 8.74. The molecule has 0 unspecified atom stereocenters. The van der Waals surface area contributed by atoms with Crippen LogP contribution in [0.2, 0.25) is 0 Å². The molecule has 2 aromatic rings. The molecule has 0 heterocycles. The smallest absolute Gasteiger partial charge is 0.220 e. The summed E-state index contributed by atoms with van der Waals surface area (Å²) in [6, 6.07) is 8.22. The lowest BCUT2D eigenvalue weighted by Crippen LogP contribution is -2.26. The molecule has 194 valence electrons. The first kappa shape index (κ1) is 28.7. The number of hydrogen-bond acceptors (Lipinski definition) is 3. The summed E-state index contributed by atoms with van der Waals surface area (Å²) in [6.45, 7) is 21.5. The minimum atomic E-state index is -0.185. The lowest BCUT2D eigenvalue weighted by molar-refractivity contribution is -0.121. The van der Waals surface area contributed by atoms with Crippen molar-refractivity contribution >= 4 is 5.91 Å². The molecule has 4 heteroatoms. The molecule has 0 aromatic heterocycles. The second kappa shape index (κ2) is 10.6. The molecule has 35 heavy (non-hydrogen) atoms. The third-order valence-corrected chi connectivity index (χ3v) is 6.60. The summed E-state index contributed by atoms with van der Waals surface area (Å²) in [7, 11) is 0. The van der Waals surface area contributed by atoms with Gasteiger partial charge in [-0.1, -0.05) is 93.5 Å². The van der Waals surface area contributed by atoms with Crippen LogP contribution in [-0.2, 0) is 40.3 Å². The third-order valence-electron chi connectivity index (χ3n) is 6.60. The van der Waals surface area contributed by atoms with Gasteiger partial charge in [-0.05, 0) is 68.9 Å². The molecule has 0 bridgehead atoms. The number of aryl methyl sites for hydroxylation is 2. The van der Waals surface area contributed by atoms with Crippen LogP contribution in [0.5, 0.6) is 11.5 Å². The molecule has 0 saturated carbocycles. The number of benzene rings is 2. The van der Waals surface area contributed by atoms with Crippen molar-refractivity contribution < 1.29 is 15.0 Å². The Labute approximate surface area is 213 Å². The lowest BCUT2D eigenvalue weighted by Gasteiger charge is -2.28. The molecule has 0 spiro atoms. The van der Waals surface area contributed by atoms with Crippen LogP contribution >= 0.6 is 0 Å². The summed E-state index contributed by atoms with van der Waals surface area (Å²) in [5.41, 5.74) is 5.45. The highest BCUT2D eigenvalue weighted by atomic mass is 16.3. The van der Waals surface area contributed by atoms with Gasteiger partial charge in [-0.25, -0.2) is 0 Å². The Balaban J connectivity index is 2.08. The Bertz CT molecular complexity index is 1010. The van der Waals surface area contributed by atoms with Gasteiger partial charge in [-0.2, -0.15) is 0 Å². The van der Waals surface area contributed by atoms with Gasteiger partial charge in [-0.3, -0.25) is 4.79 Å². The zero-order chi connectivity index (χ0) is 26.8. The van der Waals surface area contributed by atoms with E-state index in [0.29, 0.717) is 30.9 Å². The molecular formula is C31H47NO3. The topological polar surface area (TPSA) is 69.6 Å². The molecule has 3 N–H and O–H groups in total. The zero-order valence-electron chi connectivity index (χ0n) is 23.6. The molecule has 0 atom stereocenters. The predicted octanol–water partition coefficient (Wildman–Crippen LogP) is 6.84. The second-order valence-electron chi connectivity index (χ2n) is 12.9. The van der Waals surface area contributed by atoms with Crippen molar-refractivity contribution in [3.8, 4) is 11.5 Å². The maximum Gasteiger partial charge on any atom is 0.220 e. The van der Waals surface area contributed by atoms with Crippen molar-refractivity contribution in [3.05, 3.63) is 57.6 Å². The van der Waals surface area contributed by atoms with E-state index in [-0.39, 0.29) is 22.2 Å². The summed E-state index contributed by atoms with van der Waals surface area (Å²) in [5, 5.41) is 24.6. The highest BCUT2D eigenvalue weighted by molar-refractivity contribution is 5.76. The van der Waals surface area contributed by atoms with E-state index in [1.165, 1.54) is 0 Å². The Hall–Kier alpha value is -2.49. The average molecular weight is 482 g/mol. The van der Waals surface area contributed by atoms with Crippen molar-refractivity contribution in [2.24, 2.45) is 0 Å². The maximum atomic E-state index is 12.6. The fraction of sp³-hybridized carbons (Fsp3) is 0.581. The summed E-state index contributed by atoms with van der Waals surface area (Å²) in [5.74, 6) is 0.789. The Morgan fingerprint density at radius 1 is 0.714 bits per heavy atom. The molecule has 0 radical (unpaired) electrons. The number of phenolic OH excluding ortho intramolecular Hbond substituents is 2. The Morgan fingerprint density at radius 3 is 1.57 bits per heavy atom. The second-order valence-corrected chi connectivity index (χ2v) is 12.9. The average Bonchev–Trinajstić information content (AvgIpc) is 2.71. The van der Waals surface area contributed by atoms with Crippen molar-refractivity contribution in [2.75, 3.05) is 6.54 Å². The molecule has 2 aromatic carbocycles. The van der Waals surface area contributed by atoms with Crippen LogP contribution in [-0.4, -0.2) is 22.7 Å². The molecule has 0 aliphatic carbocycles. The van der Waals surface area contributed by atoms with Gasteiger partial charge in [0.25, 0.3) is 0 Å². The SMILES string of the molecule is CCc1cc(CCNC(=O)CCc2cc(C(C)(C)C)c(O)c(C(C)(C)C)c2)cc(C(C)(C)C)c1O. The van der Waals surface area contributed by atoms with E-state index in [4.69, 9.17) is 0 Å². The number of aromatic hydroxyl groups is 2. The first-order valence-electron chi connectivity index (χ1n) is 12.9. The van der Waals surface area contributed by atoms with Gasteiger partial charge in [0, 0.05) is 13.0 Å². The van der Waals surface area contributed by atoms with Crippen LogP contribution < -0.4 is 5.32 Å². The van der Waals surface area contributed by atoms with Crippen molar-refractivity contribution in [2.45, 2.75) is 111 Å². The van der Waals surface area contributed by atoms with Crippen molar-refractivity contribution in [1.29, 1.82) is 0 Å². The number of hydrogen-bond donors (Lipinski definition) is 3. The van der Waals surface area contributed by atoms with Gasteiger partial charge < -0.3 is 15.5 Å². The zero-order valence-corrected chi connectivity index (χ0v) is 23.6. The number of carbonyl (C=O) groups is 1. The summed E-state index contributed by atoms with van der Waals surface area (Å²) in [4.78, 5) is 12.6. The number of rotatable bonds is 7. The van der Waals surface area contributed by atoms with Gasteiger partial charge in [-0.15, -0.1) is 0 Å². The van der Waals surface area contributed by atoms with Gasteiger partial charge >= 0.3 is 0 Å². The van der Waals surface area contributed by atoms with Crippen LogP contribution in [0.25, 0.3) is 0 Å². The monoisotopic (exact) mass is 481 g/mol. The van der Waals surface area contributed by atoms with Crippen LogP contribution in [0.15, 0.2) is 24.3 Å². The largest absolute Gasteiger partial charge is 0.507 e. The number of carbonyl (C=O) groups excluding carboxylic acids is 1. The first-order valence-corrected chi connectivity index (χ1v) is 12.9. The first-order chi connectivity index (χ1) is 15.9. The van der Waals surface area contributed by atoms with Crippen LogP contribution in [0.3, 0.4) is 0 Å². The molecule has 1 amide bonds. The van der Waals surface area contributed by atoms with E-state index in [1.807, 2.05) is 6.92 Å². The molecule has 0 saturated heterocycles. The standard InChI is InChI=1S/C31H47NO3/c1-11-22-16-21(19-23(27(22)34)29(2,3)4)14-15-32-26(33)13-12-20-17-24(30(5,6)7)28(35)25(18-20)31(8,9)10/h16-19,34-35H,11-15H2,1-10H3,(H,32,33). The van der Waals surface area contributed by atoms with Crippen LogP contribution in [0, 0.1) is 0 Å². The fourth-order valence-corrected chi connectivity index (χ4v) is 4.42. The van der Waals surface area contributed by atoms with E-state index in [9.17, 15) is 15.0 Å². The highest BCUT2D eigenvalue weighted by Gasteiger charge is 2.26. The minimum absolute atomic E-state index is 0.0261. The van der Waals surface area contributed by atoms with Crippen LogP contribution in [0.4, 0.5) is 0 Å². The highest BCUT2D eigenvalue weighted by Crippen LogP contribution is 2.40. The van der Waals surface area contributed by atoms with Gasteiger partial charge in [0.1, 0.15) is 11.5 Å². The fourth-order valence-electron chi connectivity index (χ4n) is 4.42. The van der Waals surface area contributed by atoms with E-state index < -0.39 is 0 Å². The minimum Gasteiger partial charge on any atom is -0.507 e. The van der Waals surface area contributed by atoms with Crippen molar-refractivity contribution in [1.82, 2.24) is 5.32 Å².